The van der Waals surface area contributed by atoms with Crippen molar-refractivity contribution >= 4 is 51.2 Å². The number of benzene rings is 1. The first kappa shape index (κ1) is 15.7. The first-order chi connectivity index (χ1) is 9.44. The summed E-state index contributed by atoms with van der Waals surface area (Å²) in [5, 5.41) is 12.6. The predicted octanol–water partition coefficient (Wildman–Crippen LogP) is 3.18. The molecule has 1 aromatic rings. The molecule has 0 radical (unpaired) electrons. The van der Waals surface area contributed by atoms with E-state index in [1.807, 2.05) is 0 Å². The lowest BCUT2D eigenvalue weighted by molar-refractivity contribution is -0.144. The zero-order valence-electron chi connectivity index (χ0n) is 10.5. The topological polar surface area (TPSA) is 66.4 Å². The number of hydrogen-bond acceptors (Lipinski definition) is 3. The lowest BCUT2D eigenvalue weighted by atomic mass is 9.92. The van der Waals surface area contributed by atoms with Crippen LogP contribution >= 0.6 is 39.3 Å². The van der Waals surface area contributed by atoms with Gasteiger partial charge in [0.2, 0.25) is 0 Å². The molecule has 1 saturated heterocycles. The van der Waals surface area contributed by atoms with Gasteiger partial charge in [0.15, 0.2) is 0 Å². The summed E-state index contributed by atoms with van der Waals surface area (Å²) in [7, 11) is 0. The van der Waals surface area contributed by atoms with Crippen molar-refractivity contribution in [3.8, 4) is 0 Å². The van der Waals surface area contributed by atoms with Crippen LogP contribution in [0.1, 0.15) is 23.2 Å². The second-order valence-electron chi connectivity index (χ2n) is 4.58. The van der Waals surface area contributed by atoms with Gasteiger partial charge in [0.05, 0.1) is 5.56 Å². The van der Waals surface area contributed by atoms with Gasteiger partial charge < -0.3 is 10.4 Å². The minimum Gasteiger partial charge on any atom is -0.480 e. The minimum absolute atomic E-state index is 0.344. The van der Waals surface area contributed by atoms with E-state index in [0.717, 1.165) is 11.5 Å². The van der Waals surface area contributed by atoms with E-state index >= 15 is 0 Å². The Morgan fingerprint density at radius 1 is 1.35 bits per heavy atom. The van der Waals surface area contributed by atoms with Crippen molar-refractivity contribution in [3.63, 3.8) is 0 Å². The molecule has 0 aliphatic carbocycles. The number of carbonyl (C=O) groups excluding carboxylic acids is 1. The summed E-state index contributed by atoms with van der Waals surface area (Å²) >= 11 is 10.9. The first-order valence-electron chi connectivity index (χ1n) is 6.03. The largest absolute Gasteiger partial charge is 0.480 e. The van der Waals surface area contributed by atoms with E-state index in [-0.39, 0.29) is 0 Å². The fraction of sp³-hybridized carbons (Fsp3) is 0.385. The van der Waals surface area contributed by atoms with Gasteiger partial charge in [-0.25, -0.2) is 4.79 Å². The summed E-state index contributed by atoms with van der Waals surface area (Å²) in [4.78, 5) is 23.9. The third-order valence-electron chi connectivity index (χ3n) is 3.28. The Morgan fingerprint density at radius 3 is 2.60 bits per heavy atom. The van der Waals surface area contributed by atoms with Crippen LogP contribution < -0.4 is 5.32 Å². The Hall–Kier alpha value is -0.720. The molecule has 1 aliphatic heterocycles. The molecule has 1 aromatic carbocycles. The molecule has 0 unspecified atom stereocenters. The normalized spacial score (nSPS) is 17.5. The average Bonchev–Trinajstić information content (AvgIpc) is 2.42. The third-order valence-corrected chi connectivity index (χ3v) is 5.19. The zero-order chi connectivity index (χ0) is 14.8. The number of amides is 1. The lowest BCUT2D eigenvalue weighted by Gasteiger charge is -2.33. The number of hydrogen-bond donors (Lipinski definition) is 2. The summed E-state index contributed by atoms with van der Waals surface area (Å²) < 4.78 is 0.588. The van der Waals surface area contributed by atoms with Crippen molar-refractivity contribution in [3.05, 3.63) is 33.3 Å². The van der Waals surface area contributed by atoms with Crippen LogP contribution in [0, 0.1) is 0 Å². The lowest BCUT2D eigenvalue weighted by Crippen LogP contribution is -2.56. The number of halogens is 2. The quantitative estimate of drug-likeness (QED) is 0.848. The molecule has 0 aromatic heterocycles. The predicted molar refractivity (Wildman–Crippen MR) is 83.5 cm³/mol. The van der Waals surface area contributed by atoms with Crippen LogP contribution in [0.4, 0.5) is 0 Å². The molecule has 20 heavy (non-hydrogen) atoms. The maximum absolute atomic E-state index is 12.3. The molecule has 1 heterocycles. The molecule has 1 aliphatic rings. The smallest absolute Gasteiger partial charge is 0.329 e. The van der Waals surface area contributed by atoms with E-state index in [4.69, 9.17) is 11.6 Å². The van der Waals surface area contributed by atoms with Crippen LogP contribution in [0.2, 0.25) is 5.02 Å². The molecule has 0 bridgehead atoms. The maximum Gasteiger partial charge on any atom is 0.329 e. The van der Waals surface area contributed by atoms with E-state index in [0.29, 0.717) is 27.9 Å². The van der Waals surface area contributed by atoms with Crippen LogP contribution in [0.5, 0.6) is 0 Å². The van der Waals surface area contributed by atoms with Crippen molar-refractivity contribution in [1.82, 2.24) is 5.32 Å². The molecular weight excluding hydrogens is 366 g/mol. The Bertz CT molecular complexity index is 546. The van der Waals surface area contributed by atoms with Crippen molar-refractivity contribution in [2.75, 3.05) is 11.5 Å². The highest BCUT2D eigenvalue weighted by molar-refractivity contribution is 9.10. The highest BCUT2D eigenvalue weighted by Gasteiger charge is 2.41. The van der Waals surface area contributed by atoms with E-state index in [1.165, 1.54) is 6.07 Å². The minimum atomic E-state index is -1.18. The maximum atomic E-state index is 12.3. The molecule has 1 fully saturated rings. The Morgan fingerprint density at radius 2 is 2.00 bits per heavy atom. The fourth-order valence-corrected chi connectivity index (χ4v) is 3.86. The standard InChI is InChI=1S/C13H13BrClNO3S/c14-10-2-1-8(15)7-9(10)11(17)16-13(12(18)19)3-5-20-6-4-13/h1-2,7H,3-6H2,(H,16,17)(H,18,19). The number of rotatable bonds is 3. The number of thioether (sulfide) groups is 1. The van der Waals surface area contributed by atoms with E-state index in [9.17, 15) is 14.7 Å². The number of carboxylic acids is 1. The number of carbonyl (C=O) groups is 2. The van der Waals surface area contributed by atoms with Gasteiger partial charge in [-0.2, -0.15) is 11.8 Å². The Labute approximate surface area is 134 Å². The zero-order valence-corrected chi connectivity index (χ0v) is 13.6. The first-order valence-corrected chi connectivity index (χ1v) is 8.36. The van der Waals surface area contributed by atoms with Crippen molar-refractivity contribution < 1.29 is 14.7 Å². The third kappa shape index (κ3) is 3.30. The molecule has 0 atom stereocenters. The SMILES string of the molecule is O=C(NC1(C(=O)O)CCSCC1)c1cc(Cl)ccc1Br. The highest BCUT2D eigenvalue weighted by Crippen LogP contribution is 2.29. The van der Waals surface area contributed by atoms with Crippen LogP contribution in [0.25, 0.3) is 0 Å². The van der Waals surface area contributed by atoms with Crippen LogP contribution in [-0.2, 0) is 4.79 Å². The van der Waals surface area contributed by atoms with Crippen molar-refractivity contribution in [2.45, 2.75) is 18.4 Å². The number of carboxylic acid groups (broad SMARTS) is 1. The number of aliphatic carboxylic acids is 1. The fourth-order valence-electron chi connectivity index (χ4n) is 2.07. The van der Waals surface area contributed by atoms with Crippen LogP contribution in [0.15, 0.2) is 22.7 Å². The molecule has 1 amide bonds. The van der Waals surface area contributed by atoms with E-state index in [2.05, 4.69) is 21.2 Å². The molecule has 108 valence electrons. The molecule has 4 nitrogen and oxygen atoms in total. The van der Waals surface area contributed by atoms with Crippen molar-refractivity contribution in [1.29, 1.82) is 0 Å². The van der Waals surface area contributed by atoms with Gasteiger partial charge in [0.25, 0.3) is 5.91 Å². The summed E-state index contributed by atoms with van der Waals surface area (Å²) in [6.07, 6.45) is 0.855. The summed E-state index contributed by atoms with van der Waals surface area (Å²) in [6, 6.07) is 4.85. The Balaban J connectivity index is 2.24. The molecule has 0 saturated carbocycles. The summed E-state index contributed by atoms with van der Waals surface area (Å²) in [6.45, 7) is 0. The van der Waals surface area contributed by atoms with Gasteiger partial charge in [-0.15, -0.1) is 0 Å². The molecule has 2 rings (SSSR count). The monoisotopic (exact) mass is 377 g/mol. The van der Waals surface area contributed by atoms with Crippen molar-refractivity contribution in [2.24, 2.45) is 0 Å². The number of nitrogens with one attached hydrogen (secondary N) is 1. The molecule has 2 N–H and O–H groups in total. The van der Waals surface area contributed by atoms with Gasteiger partial charge >= 0.3 is 5.97 Å². The van der Waals surface area contributed by atoms with Crippen LogP contribution in [-0.4, -0.2) is 34.0 Å². The van der Waals surface area contributed by atoms with Gasteiger partial charge in [-0.05, 0) is 58.5 Å². The van der Waals surface area contributed by atoms with Gasteiger partial charge in [-0.3, -0.25) is 4.79 Å². The summed E-state index contributed by atoms with van der Waals surface area (Å²) in [5.41, 5.74) is -0.833. The highest BCUT2D eigenvalue weighted by atomic mass is 79.9. The van der Waals surface area contributed by atoms with Gasteiger partial charge in [0, 0.05) is 9.50 Å². The molecular formula is C13H13BrClNO3S. The van der Waals surface area contributed by atoms with Gasteiger partial charge in [-0.1, -0.05) is 11.6 Å². The second-order valence-corrected chi connectivity index (χ2v) is 7.09. The summed E-state index contributed by atoms with van der Waals surface area (Å²) in [5.74, 6) is 0.0463. The second kappa shape index (κ2) is 6.37. The van der Waals surface area contributed by atoms with Gasteiger partial charge in [0.1, 0.15) is 5.54 Å². The van der Waals surface area contributed by atoms with Crippen LogP contribution in [0.3, 0.4) is 0 Å². The molecule has 0 spiro atoms. The average molecular weight is 379 g/mol. The Kier molecular flexibility index (Phi) is 4.99. The van der Waals surface area contributed by atoms with E-state index in [1.54, 1.807) is 23.9 Å². The molecule has 7 heteroatoms. The van der Waals surface area contributed by atoms with E-state index < -0.39 is 17.4 Å².